The molecule has 4 aromatic rings. The molecule has 2 heterocycles. The van der Waals surface area contributed by atoms with Crippen molar-refractivity contribution in [3.63, 3.8) is 0 Å². The average molecular weight is 513 g/mol. The van der Waals surface area contributed by atoms with Gasteiger partial charge in [0.25, 0.3) is 0 Å². The minimum Gasteiger partial charge on any atom is -0.492 e. The van der Waals surface area contributed by atoms with Gasteiger partial charge >= 0.3 is 5.97 Å². The Hall–Kier alpha value is -4.13. The number of halogens is 1. The second-order valence-corrected chi connectivity index (χ2v) is 10.3. The van der Waals surface area contributed by atoms with Crippen molar-refractivity contribution in [2.45, 2.75) is 45.1 Å². The molecule has 1 aromatic heterocycles. The van der Waals surface area contributed by atoms with Crippen LogP contribution in [0.4, 0.5) is 4.39 Å². The van der Waals surface area contributed by atoms with Gasteiger partial charge in [-0.1, -0.05) is 12.1 Å². The molecule has 1 aliphatic heterocycles. The van der Waals surface area contributed by atoms with Gasteiger partial charge in [-0.3, -0.25) is 4.79 Å². The number of hydrogen-bond donors (Lipinski definition) is 1. The zero-order valence-electron chi connectivity index (χ0n) is 21.6. The first-order valence-electron chi connectivity index (χ1n) is 12.8. The third-order valence-electron chi connectivity index (χ3n) is 7.65. The van der Waals surface area contributed by atoms with Crippen LogP contribution in [-0.2, 0) is 18.3 Å². The summed E-state index contributed by atoms with van der Waals surface area (Å²) in [7, 11) is 1.96. The SMILES string of the molecule is Cc1cc(-c2cn(C)cn2)cc(C)c1-c1ccc(F)c2c1CC[C@H]2Oc1ccc2c(c1)OC[C@H]2CC(=O)O. The van der Waals surface area contributed by atoms with E-state index in [1.54, 1.807) is 18.5 Å². The summed E-state index contributed by atoms with van der Waals surface area (Å²) in [6.45, 7) is 4.53. The van der Waals surface area contributed by atoms with Crippen LogP contribution in [0, 0.1) is 19.7 Å². The largest absolute Gasteiger partial charge is 0.492 e. The Morgan fingerprint density at radius 1 is 1.18 bits per heavy atom. The van der Waals surface area contributed by atoms with Crippen molar-refractivity contribution in [3.8, 4) is 33.9 Å². The van der Waals surface area contributed by atoms with Crippen LogP contribution in [0.15, 0.2) is 55.0 Å². The molecule has 6 nitrogen and oxygen atoms in total. The van der Waals surface area contributed by atoms with Crippen molar-refractivity contribution < 1.29 is 23.8 Å². The first kappa shape index (κ1) is 24.2. The maximum atomic E-state index is 15.2. The number of nitrogens with zero attached hydrogens (tertiary/aromatic N) is 2. The number of carbonyl (C=O) groups is 1. The highest BCUT2D eigenvalue weighted by atomic mass is 19.1. The van der Waals surface area contributed by atoms with Gasteiger partial charge in [-0.2, -0.15) is 0 Å². The number of aliphatic carboxylic acids is 1. The van der Waals surface area contributed by atoms with E-state index in [4.69, 9.17) is 14.6 Å². The Bertz CT molecular complexity index is 1550. The van der Waals surface area contributed by atoms with E-state index in [-0.39, 0.29) is 18.2 Å². The molecule has 0 unspecified atom stereocenters. The monoisotopic (exact) mass is 512 g/mol. The molecule has 0 saturated carbocycles. The molecular formula is C31H29FN2O4. The summed E-state index contributed by atoms with van der Waals surface area (Å²) in [5.41, 5.74) is 8.88. The van der Waals surface area contributed by atoms with Gasteiger partial charge in [-0.25, -0.2) is 9.37 Å². The smallest absolute Gasteiger partial charge is 0.304 e. The topological polar surface area (TPSA) is 73.6 Å². The number of ether oxygens (including phenoxy) is 2. The van der Waals surface area contributed by atoms with E-state index in [9.17, 15) is 4.79 Å². The maximum absolute atomic E-state index is 15.2. The Kier molecular flexibility index (Phi) is 5.94. The van der Waals surface area contributed by atoms with Crippen molar-refractivity contribution in [2.24, 2.45) is 7.05 Å². The Labute approximate surface area is 220 Å². The molecular weight excluding hydrogens is 483 g/mol. The summed E-state index contributed by atoms with van der Waals surface area (Å²) in [6, 6.07) is 13.2. The minimum absolute atomic E-state index is 0.0267. The zero-order valence-corrected chi connectivity index (χ0v) is 21.6. The number of aryl methyl sites for hydroxylation is 3. The lowest BCUT2D eigenvalue weighted by atomic mass is 9.88. The highest BCUT2D eigenvalue weighted by Crippen LogP contribution is 2.45. The van der Waals surface area contributed by atoms with Crippen LogP contribution in [-0.4, -0.2) is 27.2 Å². The zero-order chi connectivity index (χ0) is 26.6. The molecule has 7 heteroatoms. The van der Waals surface area contributed by atoms with E-state index >= 15 is 4.39 Å². The first-order valence-corrected chi connectivity index (χ1v) is 12.8. The molecule has 38 heavy (non-hydrogen) atoms. The molecule has 0 radical (unpaired) electrons. The van der Waals surface area contributed by atoms with Crippen LogP contribution in [0.5, 0.6) is 11.5 Å². The number of rotatable bonds is 6. The van der Waals surface area contributed by atoms with Crippen molar-refractivity contribution in [1.29, 1.82) is 0 Å². The maximum Gasteiger partial charge on any atom is 0.304 e. The summed E-state index contributed by atoms with van der Waals surface area (Å²) >= 11 is 0. The Morgan fingerprint density at radius 3 is 2.68 bits per heavy atom. The normalized spacial score (nSPS) is 17.7. The lowest BCUT2D eigenvalue weighted by Crippen LogP contribution is -2.07. The number of carboxylic acids is 1. The first-order chi connectivity index (χ1) is 18.3. The molecule has 3 aromatic carbocycles. The standard InChI is InChI=1S/C31H29FN2O4/c1-17-10-19(26-14-34(3)16-33-26)11-18(2)30(17)23-6-8-25(32)31-24(23)7-9-27(31)38-21-4-5-22-20(12-29(35)36)15-37-28(22)13-21/h4-6,8,10-11,13-14,16,20,27H,7,9,12,15H2,1-3H3,(H,35,36)/t20-,27-/m1/s1. The van der Waals surface area contributed by atoms with Crippen LogP contribution >= 0.6 is 0 Å². The molecule has 0 spiro atoms. The van der Waals surface area contributed by atoms with Crippen molar-refractivity contribution in [1.82, 2.24) is 9.55 Å². The molecule has 2 aliphatic rings. The predicted molar refractivity (Wildman–Crippen MR) is 142 cm³/mol. The molecule has 0 amide bonds. The van der Waals surface area contributed by atoms with Crippen LogP contribution in [0.25, 0.3) is 22.4 Å². The number of benzene rings is 3. The summed E-state index contributed by atoms with van der Waals surface area (Å²) in [5.74, 6) is -0.0442. The number of imidazole rings is 1. The van der Waals surface area contributed by atoms with Gasteiger partial charge in [0.15, 0.2) is 0 Å². The van der Waals surface area contributed by atoms with Crippen molar-refractivity contribution >= 4 is 5.97 Å². The molecule has 194 valence electrons. The predicted octanol–water partition coefficient (Wildman–Crippen LogP) is 6.53. The Morgan fingerprint density at radius 2 is 1.97 bits per heavy atom. The van der Waals surface area contributed by atoms with Gasteiger partial charge in [-0.15, -0.1) is 0 Å². The molecule has 0 saturated heterocycles. The molecule has 2 atom stereocenters. The van der Waals surface area contributed by atoms with E-state index in [2.05, 4.69) is 31.0 Å². The third-order valence-corrected chi connectivity index (χ3v) is 7.65. The summed E-state index contributed by atoms with van der Waals surface area (Å²) in [5, 5.41) is 9.15. The third kappa shape index (κ3) is 4.22. The van der Waals surface area contributed by atoms with E-state index < -0.39 is 12.1 Å². The summed E-state index contributed by atoms with van der Waals surface area (Å²) < 4.78 is 29.2. The van der Waals surface area contributed by atoms with E-state index in [1.807, 2.05) is 36.0 Å². The van der Waals surface area contributed by atoms with Crippen molar-refractivity contribution in [2.75, 3.05) is 6.61 Å². The molecule has 6 rings (SSSR count). The van der Waals surface area contributed by atoms with Crippen molar-refractivity contribution in [3.05, 3.63) is 88.6 Å². The van der Waals surface area contributed by atoms with Gasteiger partial charge in [0.05, 0.1) is 25.0 Å². The van der Waals surface area contributed by atoms with Gasteiger partial charge < -0.3 is 19.1 Å². The number of aromatic nitrogens is 2. The number of fused-ring (bicyclic) bond motifs is 2. The van der Waals surface area contributed by atoms with Crippen LogP contribution in [0.3, 0.4) is 0 Å². The van der Waals surface area contributed by atoms with Gasteiger partial charge in [0, 0.05) is 41.9 Å². The second-order valence-electron chi connectivity index (χ2n) is 10.3. The lowest BCUT2D eigenvalue weighted by molar-refractivity contribution is -0.137. The second kappa shape index (κ2) is 9.31. The minimum atomic E-state index is -0.850. The van der Waals surface area contributed by atoms with Crippen LogP contribution in [0.2, 0.25) is 0 Å². The highest BCUT2D eigenvalue weighted by molar-refractivity contribution is 5.79. The summed E-state index contributed by atoms with van der Waals surface area (Å²) in [4.78, 5) is 15.6. The molecule has 0 bridgehead atoms. The summed E-state index contributed by atoms with van der Waals surface area (Å²) in [6.07, 6.45) is 4.80. The molecule has 1 N–H and O–H groups in total. The Balaban J connectivity index is 1.31. The highest BCUT2D eigenvalue weighted by Gasteiger charge is 2.32. The molecule has 1 aliphatic carbocycles. The van der Waals surface area contributed by atoms with Crippen LogP contribution in [0.1, 0.15) is 52.7 Å². The number of hydrogen-bond acceptors (Lipinski definition) is 4. The van der Waals surface area contributed by atoms with Gasteiger partial charge in [0.2, 0.25) is 0 Å². The van der Waals surface area contributed by atoms with E-state index in [1.165, 1.54) is 0 Å². The quantitative estimate of drug-likeness (QED) is 0.318. The van der Waals surface area contributed by atoms with Gasteiger partial charge in [0.1, 0.15) is 23.4 Å². The van der Waals surface area contributed by atoms with Gasteiger partial charge in [-0.05, 0) is 78.8 Å². The van der Waals surface area contributed by atoms with Crippen LogP contribution < -0.4 is 9.47 Å². The molecule has 0 fully saturated rings. The average Bonchev–Trinajstić information content (AvgIpc) is 3.59. The fourth-order valence-corrected chi connectivity index (χ4v) is 6.00. The van der Waals surface area contributed by atoms with E-state index in [0.717, 1.165) is 51.1 Å². The fraction of sp³-hybridized carbons (Fsp3) is 0.290. The fourth-order valence-electron chi connectivity index (χ4n) is 6.00. The lowest BCUT2D eigenvalue weighted by Gasteiger charge is -2.19. The van der Waals surface area contributed by atoms with E-state index in [0.29, 0.717) is 30.1 Å². The number of carboxylic acid groups (broad SMARTS) is 1.